The molecule has 1 rings (SSSR count). The minimum Gasteiger partial charge on any atom is -0.481 e. The first-order valence-electron chi connectivity index (χ1n) is 5.17. The molecule has 3 nitrogen and oxygen atoms in total. The van der Waals surface area contributed by atoms with Gasteiger partial charge in [-0.1, -0.05) is 33.8 Å². The summed E-state index contributed by atoms with van der Waals surface area (Å²) in [6, 6.07) is 2.14. The van der Waals surface area contributed by atoms with Crippen molar-refractivity contribution in [3.63, 3.8) is 0 Å². The molecule has 0 heterocycles. The molecule has 15 heavy (non-hydrogen) atoms. The summed E-state index contributed by atoms with van der Waals surface area (Å²) in [7, 11) is 0. The van der Waals surface area contributed by atoms with Crippen molar-refractivity contribution in [2.75, 3.05) is 0 Å². The van der Waals surface area contributed by atoms with Gasteiger partial charge in [-0.15, -0.1) is 0 Å². The van der Waals surface area contributed by atoms with Gasteiger partial charge in [0.25, 0.3) is 0 Å². The Kier molecular flexibility index (Phi) is 2.90. The van der Waals surface area contributed by atoms with E-state index in [1.54, 1.807) is 0 Å². The summed E-state index contributed by atoms with van der Waals surface area (Å²) in [6.07, 6.45) is 1.84. The fourth-order valence-corrected chi connectivity index (χ4v) is 2.01. The van der Waals surface area contributed by atoms with E-state index in [2.05, 4.69) is 6.07 Å². The van der Waals surface area contributed by atoms with Crippen LogP contribution >= 0.6 is 0 Å². The molecule has 1 N–H and O–H groups in total. The van der Waals surface area contributed by atoms with E-state index in [0.29, 0.717) is 5.57 Å². The van der Waals surface area contributed by atoms with Crippen molar-refractivity contribution in [1.29, 1.82) is 5.26 Å². The first-order valence-corrected chi connectivity index (χ1v) is 5.17. The van der Waals surface area contributed by atoms with Gasteiger partial charge in [0, 0.05) is 5.57 Å². The van der Waals surface area contributed by atoms with Gasteiger partial charge in [0.05, 0.1) is 12.0 Å². The van der Waals surface area contributed by atoms with Crippen LogP contribution in [0.5, 0.6) is 0 Å². The minimum absolute atomic E-state index is 0.00653. The maximum Gasteiger partial charge on any atom is 0.307 e. The Morgan fingerprint density at radius 1 is 1.53 bits per heavy atom. The van der Waals surface area contributed by atoms with E-state index in [1.165, 1.54) is 0 Å². The molecule has 1 saturated carbocycles. The molecule has 1 fully saturated rings. The zero-order chi connectivity index (χ0) is 11.8. The largest absolute Gasteiger partial charge is 0.481 e. The second-order valence-corrected chi connectivity index (χ2v) is 5.05. The highest BCUT2D eigenvalue weighted by Crippen LogP contribution is 2.59. The number of rotatable bonds is 3. The summed E-state index contributed by atoms with van der Waals surface area (Å²) in [4.78, 5) is 10.9. The average Bonchev–Trinajstić information content (AvgIpc) is 2.63. The first-order chi connectivity index (χ1) is 6.82. The lowest BCUT2D eigenvalue weighted by molar-refractivity contribution is -0.139. The number of hydrogen-bond donors (Lipinski definition) is 1. The number of nitrogens with zero attached hydrogens (tertiary/aromatic N) is 1. The van der Waals surface area contributed by atoms with E-state index >= 15 is 0 Å². The molecule has 0 aliphatic heterocycles. The summed E-state index contributed by atoms with van der Waals surface area (Å²) in [5.74, 6) is -0.921. The minimum atomic E-state index is -0.762. The monoisotopic (exact) mass is 207 g/mol. The highest BCUT2D eigenvalue weighted by Gasteiger charge is 2.61. The van der Waals surface area contributed by atoms with Crippen molar-refractivity contribution in [2.24, 2.45) is 23.2 Å². The number of allylic oxidation sites excluding steroid dienone is 2. The van der Waals surface area contributed by atoms with E-state index in [9.17, 15) is 4.79 Å². The third kappa shape index (κ3) is 2.04. The van der Waals surface area contributed by atoms with E-state index in [1.807, 2.05) is 33.8 Å². The maximum atomic E-state index is 10.9. The van der Waals surface area contributed by atoms with Gasteiger partial charge in [0.1, 0.15) is 0 Å². The second-order valence-electron chi connectivity index (χ2n) is 5.05. The Morgan fingerprint density at radius 3 is 2.33 bits per heavy atom. The highest BCUT2D eigenvalue weighted by molar-refractivity contribution is 5.76. The summed E-state index contributed by atoms with van der Waals surface area (Å²) >= 11 is 0. The van der Waals surface area contributed by atoms with Gasteiger partial charge < -0.3 is 5.11 Å². The summed E-state index contributed by atoms with van der Waals surface area (Å²) in [5.41, 5.74) is 0.486. The van der Waals surface area contributed by atoms with Crippen molar-refractivity contribution in [3.05, 3.63) is 11.6 Å². The van der Waals surface area contributed by atoms with Crippen molar-refractivity contribution >= 4 is 5.97 Å². The fraction of sp³-hybridized carbons (Fsp3) is 0.667. The van der Waals surface area contributed by atoms with Crippen LogP contribution in [0.3, 0.4) is 0 Å². The predicted octanol–water partition coefficient (Wildman–Crippen LogP) is 2.45. The maximum absolute atomic E-state index is 10.9. The first kappa shape index (κ1) is 11.8. The van der Waals surface area contributed by atoms with Crippen LogP contribution in [-0.2, 0) is 4.79 Å². The predicted molar refractivity (Wildman–Crippen MR) is 56.9 cm³/mol. The molecule has 1 aliphatic rings. The molecule has 0 radical (unpaired) electrons. The van der Waals surface area contributed by atoms with Crippen LogP contribution in [0.25, 0.3) is 0 Å². The van der Waals surface area contributed by atoms with Crippen molar-refractivity contribution < 1.29 is 9.90 Å². The van der Waals surface area contributed by atoms with Gasteiger partial charge in [-0.3, -0.25) is 4.79 Å². The van der Waals surface area contributed by atoms with Crippen LogP contribution in [0.1, 0.15) is 27.7 Å². The van der Waals surface area contributed by atoms with E-state index < -0.39 is 5.97 Å². The van der Waals surface area contributed by atoms with Crippen LogP contribution in [0.4, 0.5) is 0 Å². The smallest absolute Gasteiger partial charge is 0.307 e. The van der Waals surface area contributed by atoms with Gasteiger partial charge >= 0.3 is 5.97 Å². The number of carbonyl (C=O) groups is 1. The zero-order valence-electron chi connectivity index (χ0n) is 9.61. The molecular formula is C12H17NO2. The van der Waals surface area contributed by atoms with Crippen LogP contribution in [-0.4, -0.2) is 11.1 Å². The second kappa shape index (κ2) is 3.69. The molecule has 0 amide bonds. The molecule has 0 aromatic carbocycles. The van der Waals surface area contributed by atoms with Crippen molar-refractivity contribution in [1.82, 2.24) is 0 Å². The number of carboxylic acid groups (broad SMARTS) is 1. The van der Waals surface area contributed by atoms with E-state index in [4.69, 9.17) is 10.4 Å². The summed E-state index contributed by atoms with van der Waals surface area (Å²) in [6.45, 7) is 7.75. The molecule has 0 aromatic heterocycles. The van der Waals surface area contributed by atoms with Crippen LogP contribution in [0.15, 0.2) is 11.6 Å². The number of carboxylic acids is 1. The Morgan fingerprint density at radius 2 is 2.07 bits per heavy atom. The Labute approximate surface area is 90.4 Å². The van der Waals surface area contributed by atoms with Crippen LogP contribution < -0.4 is 0 Å². The lowest BCUT2D eigenvalue weighted by Gasteiger charge is -2.02. The van der Waals surface area contributed by atoms with Gasteiger partial charge in [-0.05, 0) is 17.3 Å². The van der Waals surface area contributed by atoms with Crippen molar-refractivity contribution in [2.45, 2.75) is 27.7 Å². The zero-order valence-corrected chi connectivity index (χ0v) is 9.61. The molecule has 0 spiro atoms. The van der Waals surface area contributed by atoms with Crippen LogP contribution in [0.2, 0.25) is 0 Å². The third-order valence-corrected chi connectivity index (χ3v) is 3.29. The fourth-order valence-electron chi connectivity index (χ4n) is 2.01. The van der Waals surface area contributed by atoms with E-state index in [0.717, 1.165) is 0 Å². The number of aliphatic carboxylic acids is 1. The topological polar surface area (TPSA) is 61.1 Å². The molecule has 82 valence electrons. The number of nitriles is 1. The Bertz CT molecular complexity index is 347. The Balaban J connectivity index is 2.86. The van der Waals surface area contributed by atoms with Crippen molar-refractivity contribution in [3.8, 4) is 6.07 Å². The Hall–Kier alpha value is -1.30. The highest BCUT2D eigenvalue weighted by atomic mass is 16.4. The SMILES string of the molecule is CC(C)/C(C#N)=C/[C@@H]1[C@@H](C(=O)O)C1(C)C. The molecule has 0 bridgehead atoms. The average molecular weight is 207 g/mol. The molecule has 1 aliphatic carbocycles. The van der Waals surface area contributed by atoms with Gasteiger partial charge in [0.15, 0.2) is 0 Å². The molecule has 0 saturated heterocycles. The van der Waals surface area contributed by atoms with Gasteiger partial charge in [0.2, 0.25) is 0 Å². The standard InChI is InChI=1S/C12H17NO2/c1-7(2)8(6-13)5-9-10(11(14)15)12(9,3)4/h5,7,9-10H,1-4H3,(H,14,15)/b8-5+/t9-,10+/m1/s1. The molecule has 0 aromatic rings. The van der Waals surface area contributed by atoms with Gasteiger partial charge in [-0.2, -0.15) is 5.26 Å². The molecule has 2 atom stereocenters. The lowest BCUT2D eigenvalue weighted by atomic mass is 10.0. The number of hydrogen-bond acceptors (Lipinski definition) is 2. The quantitative estimate of drug-likeness (QED) is 0.723. The summed E-state index contributed by atoms with van der Waals surface area (Å²) < 4.78 is 0. The third-order valence-electron chi connectivity index (χ3n) is 3.29. The van der Waals surface area contributed by atoms with Gasteiger partial charge in [-0.25, -0.2) is 0 Å². The molecule has 3 heteroatoms. The molecular weight excluding hydrogens is 190 g/mol. The van der Waals surface area contributed by atoms with E-state index in [-0.39, 0.29) is 23.2 Å². The normalized spacial score (nSPS) is 28.7. The van der Waals surface area contributed by atoms with Crippen LogP contribution in [0, 0.1) is 34.5 Å². The molecule has 0 unspecified atom stereocenters. The summed E-state index contributed by atoms with van der Waals surface area (Å²) in [5, 5.41) is 17.9. The lowest BCUT2D eigenvalue weighted by Crippen LogP contribution is -2.03.